The van der Waals surface area contributed by atoms with Crippen LogP contribution in [0.3, 0.4) is 0 Å². The van der Waals surface area contributed by atoms with Gasteiger partial charge in [0.2, 0.25) is 0 Å². The van der Waals surface area contributed by atoms with Gasteiger partial charge in [0.1, 0.15) is 17.3 Å². The molecule has 1 saturated heterocycles. The highest BCUT2D eigenvalue weighted by atomic mass is 16.1. The molecule has 3 N–H and O–H groups in total. The summed E-state index contributed by atoms with van der Waals surface area (Å²) < 4.78 is 1.72. The van der Waals surface area contributed by atoms with E-state index in [1.54, 1.807) is 22.9 Å². The van der Waals surface area contributed by atoms with Crippen molar-refractivity contribution in [2.45, 2.75) is 12.5 Å². The lowest BCUT2D eigenvalue weighted by atomic mass is 10.1. The Labute approximate surface area is 109 Å². The number of nitriles is 1. The summed E-state index contributed by atoms with van der Waals surface area (Å²) in [5, 5.41) is 17.7. The number of nitrogens with zero attached hydrogens (tertiary/aromatic N) is 3. The summed E-state index contributed by atoms with van der Waals surface area (Å²) in [6, 6.07) is 7.49. The Kier molecular flexibility index (Phi) is 2.69. The normalized spacial score (nSPS) is 18.6. The van der Waals surface area contributed by atoms with E-state index in [0.29, 0.717) is 22.2 Å². The van der Waals surface area contributed by atoms with E-state index in [1.165, 1.54) is 0 Å². The number of hydrogen-bond donors (Lipinski definition) is 2. The van der Waals surface area contributed by atoms with E-state index in [1.807, 2.05) is 0 Å². The van der Waals surface area contributed by atoms with Crippen LogP contribution in [0.15, 0.2) is 18.2 Å². The van der Waals surface area contributed by atoms with Gasteiger partial charge in [-0.05, 0) is 25.1 Å². The zero-order valence-electron chi connectivity index (χ0n) is 10.3. The van der Waals surface area contributed by atoms with Crippen LogP contribution in [0.25, 0.3) is 10.9 Å². The number of hydrogen-bond acceptors (Lipinski definition) is 4. The minimum atomic E-state index is -0.524. The van der Waals surface area contributed by atoms with Gasteiger partial charge in [-0.2, -0.15) is 10.4 Å². The van der Waals surface area contributed by atoms with Crippen molar-refractivity contribution in [3.8, 4) is 6.07 Å². The molecule has 1 atom stereocenters. The summed E-state index contributed by atoms with van der Waals surface area (Å²) in [5.41, 5.74) is 6.72. The first-order chi connectivity index (χ1) is 9.22. The maximum Gasteiger partial charge on any atom is 0.250 e. The van der Waals surface area contributed by atoms with Crippen molar-refractivity contribution in [2.24, 2.45) is 5.73 Å². The van der Waals surface area contributed by atoms with Crippen LogP contribution < -0.4 is 11.1 Å². The summed E-state index contributed by atoms with van der Waals surface area (Å²) >= 11 is 0. The molecule has 2 aromatic rings. The van der Waals surface area contributed by atoms with Crippen molar-refractivity contribution < 1.29 is 4.79 Å². The van der Waals surface area contributed by atoms with Crippen LogP contribution in [0.1, 0.15) is 28.5 Å². The van der Waals surface area contributed by atoms with Gasteiger partial charge in [-0.25, -0.2) is 4.68 Å². The highest BCUT2D eigenvalue weighted by Gasteiger charge is 2.23. The molecule has 1 aliphatic rings. The maximum atomic E-state index is 11.4. The van der Waals surface area contributed by atoms with Crippen LogP contribution in [0, 0.1) is 11.3 Å². The number of carbonyl (C=O) groups excluding carboxylic acids is 1. The van der Waals surface area contributed by atoms with Crippen molar-refractivity contribution in [2.75, 3.05) is 13.1 Å². The predicted molar refractivity (Wildman–Crippen MR) is 69.5 cm³/mol. The van der Waals surface area contributed by atoms with Gasteiger partial charge in [-0.3, -0.25) is 4.79 Å². The number of amides is 1. The van der Waals surface area contributed by atoms with Crippen molar-refractivity contribution in [3.05, 3.63) is 29.5 Å². The molecule has 1 aromatic carbocycles. The van der Waals surface area contributed by atoms with Gasteiger partial charge in [0.15, 0.2) is 0 Å². The van der Waals surface area contributed by atoms with Crippen LogP contribution in [0.5, 0.6) is 0 Å². The van der Waals surface area contributed by atoms with E-state index in [2.05, 4.69) is 16.5 Å². The average molecular weight is 255 g/mol. The third-order valence-electron chi connectivity index (χ3n) is 3.48. The summed E-state index contributed by atoms with van der Waals surface area (Å²) in [6.07, 6.45) is 0.925. The zero-order valence-corrected chi connectivity index (χ0v) is 10.3. The lowest BCUT2D eigenvalue weighted by Crippen LogP contribution is -2.16. The molecule has 6 nitrogen and oxygen atoms in total. The lowest BCUT2D eigenvalue weighted by Gasteiger charge is -2.09. The molecule has 96 valence electrons. The van der Waals surface area contributed by atoms with Crippen LogP contribution >= 0.6 is 0 Å². The smallest absolute Gasteiger partial charge is 0.250 e. The molecule has 6 heteroatoms. The van der Waals surface area contributed by atoms with Crippen molar-refractivity contribution in [3.63, 3.8) is 0 Å². The molecule has 1 aromatic heterocycles. The van der Waals surface area contributed by atoms with Crippen LogP contribution in [0.4, 0.5) is 0 Å². The van der Waals surface area contributed by atoms with Gasteiger partial charge >= 0.3 is 0 Å². The van der Waals surface area contributed by atoms with Crippen molar-refractivity contribution in [1.82, 2.24) is 15.1 Å². The Balaban J connectivity index is 2.26. The number of aromatic nitrogens is 2. The largest absolute Gasteiger partial charge is 0.366 e. The summed E-state index contributed by atoms with van der Waals surface area (Å²) in [5.74, 6) is -0.524. The highest BCUT2D eigenvalue weighted by molar-refractivity contribution is 6.05. The van der Waals surface area contributed by atoms with Crippen molar-refractivity contribution >= 4 is 16.8 Å². The minimum Gasteiger partial charge on any atom is -0.366 e. The molecule has 3 rings (SSSR count). The van der Waals surface area contributed by atoms with Gasteiger partial charge in [-0.15, -0.1) is 0 Å². The Hall–Kier alpha value is -2.39. The summed E-state index contributed by atoms with van der Waals surface area (Å²) in [7, 11) is 0. The Morgan fingerprint density at radius 2 is 2.42 bits per heavy atom. The lowest BCUT2D eigenvalue weighted by molar-refractivity contribution is 0.100. The average Bonchev–Trinajstić information content (AvgIpc) is 3.04. The number of fused-ring (bicyclic) bond motifs is 1. The molecule has 19 heavy (non-hydrogen) atoms. The molecule has 0 saturated carbocycles. The standard InChI is InChI=1S/C13H13N5O/c14-6-11-9-2-1-3-10(13(15)19)12(9)17-18(11)8-4-5-16-7-8/h1-3,8,16H,4-5,7H2,(H2,15,19). The second kappa shape index (κ2) is 4.37. The Bertz CT molecular complexity index is 691. The molecule has 1 unspecified atom stereocenters. The van der Waals surface area contributed by atoms with E-state index in [0.717, 1.165) is 19.5 Å². The topological polar surface area (TPSA) is 96.7 Å². The summed E-state index contributed by atoms with van der Waals surface area (Å²) in [4.78, 5) is 11.4. The first-order valence-electron chi connectivity index (χ1n) is 6.14. The highest BCUT2D eigenvalue weighted by Crippen LogP contribution is 2.26. The molecule has 0 aliphatic carbocycles. The van der Waals surface area contributed by atoms with Crippen LogP contribution in [0.2, 0.25) is 0 Å². The third-order valence-corrected chi connectivity index (χ3v) is 3.48. The molecule has 0 spiro atoms. The fourth-order valence-corrected chi connectivity index (χ4v) is 2.55. The number of nitrogens with one attached hydrogen (secondary N) is 1. The number of benzene rings is 1. The van der Waals surface area contributed by atoms with Crippen LogP contribution in [-0.2, 0) is 0 Å². The number of nitrogens with two attached hydrogens (primary N) is 1. The maximum absolute atomic E-state index is 11.4. The monoisotopic (exact) mass is 255 g/mol. The van der Waals surface area contributed by atoms with Gasteiger partial charge in [0.05, 0.1) is 11.6 Å². The number of rotatable bonds is 2. The van der Waals surface area contributed by atoms with E-state index in [-0.39, 0.29) is 6.04 Å². The fraction of sp³-hybridized carbons (Fsp3) is 0.308. The van der Waals surface area contributed by atoms with E-state index in [9.17, 15) is 10.1 Å². The minimum absolute atomic E-state index is 0.155. The third kappa shape index (κ3) is 1.75. The van der Waals surface area contributed by atoms with Gasteiger partial charge in [0, 0.05) is 11.9 Å². The molecule has 1 amide bonds. The zero-order chi connectivity index (χ0) is 13.4. The number of carbonyl (C=O) groups is 1. The van der Waals surface area contributed by atoms with Gasteiger partial charge in [0.25, 0.3) is 5.91 Å². The molecule has 0 radical (unpaired) electrons. The number of primary amides is 1. The van der Waals surface area contributed by atoms with E-state index < -0.39 is 5.91 Å². The molecular weight excluding hydrogens is 242 g/mol. The molecule has 2 heterocycles. The predicted octanol–water partition coefficient (Wildman–Crippen LogP) is 0.541. The quantitative estimate of drug-likeness (QED) is 0.818. The Morgan fingerprint density at radius 1 is 1.58 bits per heavy atom. The molecule has 1 aliphatic heterocycles. The Morgan fingerprint density at radius 3 is 3.05 bits per heavy atom. The second-order valence-corrected chi connectivity index (χ2v) is 4.62. The van der Waals surface area contributed by atoms with Gasteiger partial charge < -0.3 is 11.1 Å². The van der Waals surface area contributed by atoms with Crippen LogP contribution in [-0.4, -0.2) is 28.8 Å². The molecule has 1 fully saturated rings. The van der Waals surface area contributed by atoms with Gasteiger partial charge in [-0.1, -0.05) is 6.07 Å². The fourth-order valence-electron chi connectivity index (χ4n) is 2.55. The van der Waals surface area contributed by atoms with Crippen molar-refractivity contribution in [1.29, 1.82) is 5.26 Å². The first-order valence-corrected chi connectivity index (χ1v) is 6.14. The second-order valence-electron chi connectivity index (χ2n) is 4.62. The first kappa shape index (κ1) is 11.7. The van der Waals surface area contributed by atoms with E-state index >= 15 is 0 Å². The van der Waals surface area contributed by atoms with E-state index in [4.69, 9.17) is 5.73 Å². The SMILES string of the molecule is N#Cc1c2cccc(C(N)=O)c2nn1C1CCNC1. The summed E-state index contributed by atoms with van der Waals surface area (Å²) in [6.45, 7) is 1.70. The molecule has 0 bridgehead atoms. The molecular formula is C13H13N5O.